The highest BCUT2D eigenvalue weighted by molar-refractivity contribution is 5.96. The molecule has 0 radical (unpaired) electrons. The fourth-order valence-electron chi connectivity index (χ4n) is 7.64. The Morgan fingerprint density at radius 3 is 2.09 bits per heavy atom. The van der Waals surface area contributed by atoms with Gasteiger partial charge >= 0.3 is 6.03 Å². The van der Waals surface area contributed by atoms with Gasteiger partial charge in [-0.2, -0.15) is 0 Å². The molecule has 0 aliphatic carbocycles. The fourth-order valence-corrected chi connectivity index (χ4v) is 7.64. The van der Waals surface area contributed by atoms with Crippen LogP contribution in [0.15, 0.2) is 12.2 Å². The number of nitrogens with zero attached hydrogens (tertiary/aromatic N) is 1. The number of imide groups is 1. The van der Waals surface area contributed by atoms with Gasteiger partial charge in [0, 0.05) is 26.3 Å². The van der Waals surface area contributed by atoms with E-state index in [1.165, 1.54) is 31.8 Å². The molecule has 20 nitrogen and oxygen atoms in total. The predicted octanol–water partition coefficient (Wildman–Crippen LogP) is -2.26. The molecule has 0 saturated carbocycles. The number of hydrogen-bond acceptors (Lipinski definition) is 16. The Bertz CT molecular complexity index is 1380. The molecule has 4 heterocycles. The second kappa shape index (κ2) is 22.7. The first-order valence-electron chi connectivity index (χ1n) is 20.4. The van der Waals surface area contributed by atoms with Crippen molar-refractivity contribution >= 4 is 23.8 Å². The van der Waals surface area contributed by atoms with Crippen LogP contribution in [-0.4, -0.2) is 175 Å². The second-order valence-electron chi connectivity index (χ2n) is 15.8. The maximum atomic E-state index is 13.1. The van der Waals surface area contributed by atoms with E-state index in [-0.39, 0.29) is 13.0 Å². The molecule has 0 spiro atoms. The predicted molar refractivity (Wildman–Crippen MR) is 201 cm³/mol. The zero-order chi connectivity index (χ0) is 42.7. The second-order valence-corrected chi connectivity index (χ2v) is 15.8. The number of unbranched alkanes of at least 4 members (excludes halogenated alkanes) is 6. The Hall–Kier alpha value is -2.86. The molecule has 4 fully saturated rings. The van der Waals surface area contributed by atoms with Crippen molar-refractivity contribution in [2.24, 2.45) is 5.92 Å². The van der Waals surface area contributed by atoms with Crippen LogP contribution in [0.25, 0.3) is 0 Å². The average Bonchev–Trinajstić information content (AvgIpc) is 3.48. The SMILES string of the molecule is CC[C@H](C)CCCCCCCC/C=C/C(=O)N[C@@H]1[C@@H](O[C@H]2O[C@@H](CO)[C@H](O)[C@H](O)[C@H]2NC(C)=O)O[C@@H](C[C@@H](O)[C@@H]2O[C@H](N3CCC(=O)NC3=O)[C@H](O)[C@@H]2O)[C@H](O)[C@H]1O. The van der Waals surface area contributed by atoms with Crippen molar-refractivity contribution in [1.82, 2.24) is 20.9 Å². The van der Waals surface area contributed by atoms with Gasteiger partial charge in [-0.1, -0.05) is 64.9 Å². The topological polar surface area (TPSA) is 306 Å². The average molecular weight is 833 g/mol. The Morgan fingerprint density at radius 2 is 1.47 bits per heavy atom. The molecule has 4 aliphatic rings. The zero-order valence-electron chi connectivity index (χ0n) is 33.4. The summed E-state index contributed by atoms with van der Waals surface area (Å²) < 4.78 is 23.4. The van der Waals surface area contributed by atoms with Crippen molar-refractivity contribution in [3.8, 4) is 0 Å². The number of carbonyl (C=O) groups excluding carboxylic acids is 4. The van der Waals surface area contributed by atoms with Crippen molar-refractivity contribution in [2.45, 2.75) is 183 Å². The van der Waals surface area contributed by atoms with Crippen LogP contribution < -0.4 is 16.0 Å². The van der Waals surface area contributed by atoms with Gasteiger partial charge < -0.3 is 70.4 Å². The van der Waals surface area contributed by atoms with Crippen molar-refractivity contribution in [3.05, 3.63) is 12.2 Å². The summed E-state index contributed by atoms with van der Waals surface area (Å²) >= 11 is 0. The molecule has 0 bridgehead atoms. The molecule has 0 aromatic carbocycles. The third-order valence-electron chi connectivity index (χ3n) is 11.3. The Kier molecular flexibility index (Phi) is 18.7. The van der Waals surface area contributed by atoms with E-state index in [0.717, 1.165) is 43.4 Å². The number of urea groups is 1. The van der Waals surface area contributed by atoms with E-state index >= 15 is 0 Å². The van der Waals surface area contributed by atoms with Gasteiger partial charge in [-0.15, -0.1) is 0 Å². The molecule has 5 amide bonds. The summed E-state index contributed by atoms with van der Waals surface area (Å²) in [6.07, 6.45) is -9.82. The van der Waals surface area contributed by atoms with Crippen LogP contribution in [0.3, 0.4) is 0 Å². The number of aliphatic hydroxyl groups is 8. The molecule has 4 saturated heterocycles. The normalized spacial score (nSPS) is 36.8. The standard InChI is InChI=1S/C38H64N4O16/c1-4-19(2)13-11-9-7-5-6-8-10-12-14-24(46)40-27-31(51)28(48)22(55-37(27)58-36-26(39-20(3)44)30(50)29(49)23(18-43)56-36)17-21(45)34-32(52)33(53)35(57-34)42-16-15-25(47)41-38(42)54/h12,14,19,21-23,26-37,43,45,48-53H,4-11,13,15-18H2,1-3H3,(H,39,44)(H,40,46)(H,41,47,54)/b14-12+/t19-,21+,22-,23-,26+,27-,28-,29-,30+,31-,32-,33+,34-,35-,36+,37+/m0/s1. The van der Waals surface area contributed by atoms with Gasteiger partial charge in [-0.3, -0.25) is 24.6 Å². The third kappa shape index (κ3) is 12.6. The molecule has 11 N–H and O–H groups in total. The van der Waals surface area contributed by atoms with E-state index in [4.69, 9.17) is 18.9 Å². The first-order chi connectivity index (χ1) is 27.6. The van der Waals surface area contributed by atoms with Gasteiger partial charge in [0.25, 0.3) is 0 Å². The largest absolute Gasteiger partial charge is 0.394 e. The fraction of sp³-hybridized carbons (Fsp3) is 0.842. The quantitative estimate of drug-likeness (QED) is 0.0456. The summed E-state index contributed by atoms with van der Waals surface area (Å²) in [4.78, 5) is 50.2. The van der Waals surface area contributed by atoms with Crippen LogP contribution in [0, 0.1) is 5.92 Å². The lowest BCUT2D eigenvalue weighted by atomic mass is 9.91. The molecule has 0 aromatic heterocycles. The Morgan fingerprint density at radius 1 is 0.862 bits per heavy atom. The van der Waals surface area contributed by atoms with Crippen molar-refractivity contribution < 1.29 is 79.0 Å². The number of nitrogens with one attached hydrogen (secondary N) is 3. The summed E-state index contributed by atoms with van der Waals surface area (Å²) in [5, 5.41) is 93.6. The summed E-state index contributed by atoms with van der Waals surface area (Å²) in [6, 6.07) is -3.86. The molecule has 4 rings (SSSR count). The smallest absolute Gasteiger partial charge is 0.326 e. The van der Waals surface area contributed by atoms with Gasteiger partial charge in [0.05, 0.1) is 18.8 Å². The summed E-state index contributed by atoms with van der Waals surface area (Å²) in [5.41, 5.74) is 0. The van der Waals surface area contributed by atoms with E-state index < -0.39 is 129 Å². The number of rotatable bonds is 20. The van der Waals surface area contributed by atoms with E-state index in [1.807, 2.05) is 0 Å². The summed E-state index contributed by atoms with van der Waals surface area (Å²) in [5.74, 6) is -1.14. The van der Waals surface area contributed by atoms with Crippen molar-refractivity contribution in [3.63, 3.8) is 0 Å². The molecular weight excluding hydrogens is 768 g/mol. The van der Waals surface area contributed by atoms with Crippen LogP contribution in [0.2, 0.25) is 0 Å². The Balaban J connectivity index is 1.45. The first-order valence-corrected chi connectivity index (χ1v) is 20.4. The van der Waals surface area contributed by atoms with Crippen molar-refractivity contribution in [2.75, 3.05) is 13.2 Å². The molecule has 16 atom stereocenters. The Labute approximate surface area is 337 Å². The van der Waals surface area contributed by atoms with Gasteiger partial charge in [-0.25, -0.2) is 4.79 Å². The monoisotopic (exact) mass is 832 g/mol. The number of aliphatic hydroxyl groups excluding tert-OH is 8. The highest BCUT2D eigenvalue weighted by Crippen LogP contribution is 2.33. The molecular formula is C38H64N4O16. The first kappa shape index (κ1) is 47.8. The molecule has 0 unspecified atom stereocenters. The molecule has 4 aliphatic heterocycles. The minimum Gasteiger partial charge on any atom is -0.394 e. The summed E-state index contributed by atoms with van der Waals surface area (Å²) in [6.45, 7) is 4.68. The van der Waals surface area contributed by atoms with E-state index in [1.54, 1.807) is 6.08 Å². The van der Waals surface area contributed by atoms with Gasteiger partial charge in [0.2, 0.25) is 17.7 Å². The number of allylic oxidation sites excluding steroid dienone is 1. The summed E-state index contributed by atoms with van der Waals surface area (Å²) in [7, 11) is 0. The van der Waals surface area contributed by atoms with Crippen LogP contribution >= 0.6 is 0 Å². The van der Waals surface area contributed by atoms with Crippen LogP contribution in [0.5, 0.6) is 0 Å². The minimum absolute atomic E-state index is 0.0993. The lowest BCUT2D eigenvalue weighted by molar-refractivity contribution is -0.346. The van der Waals surface area contributed by atoms with Gasteiger partial charge in [0.15, 0.2) is 18.8 Å². The minimum atomic E-state index is -1.84. The van der Waals surface area contributed by atoms with Crippen molar-refractivity contribution in [1.29, 1.82) is 0 Å². The number of ether oxygens (including phenoxy) is 4. The van der Waals surface area contributed by atoms with Crippen LogP contribution in [0.1, 0.15) is 91.4 Å². The molecule has 0 aromatic rings. The molecule has 20 heteroatoms. The lowest BCUT2D eigenvalue weighted by Gasteiger charge is -2.47. The van der Waals surface area contributed by atoms with E-state index in [2.05, 4.69) is 29.8 Å². The van der Waals surface area contributed by atoms with Crippen LogP contribution in [-0.2, 0) is 33.3 Å². The number of hydrogen-bond donors (Lipinski definition) is 11. The number of amides is 5. The highest BCUT2D eigenvalue weighted by Gasteiger charge is 2.54. The lowest BCUT2D eigenvalue weighted by Crippen LogP contribution is -2.68. The highest BCUT2D eigenvalue weighted by atomic mass is 16.8. The van der Waals surface area contributed by atoms with E-state index in [0.29, 0.717) is 6.42 Å². The van der Waals surface area contributed by atoms with E-state index in [9.17, 15) is 60.0 Å². The zero-order valence-corrected chi connectivity index (χ0v) is 33.4. The third-order valence-corrected chi connectivity index (χ3v) is 11.3. The maximum absolute atomic E-state index is 13.1. The van der Waals surface area contributed by atoms with Crippen LogP contribution in [0.4, 0.5) is 4.79 Å². The number of carbonyl (C=O) groups is 4. The molecule has 332 valence electrons. The van der Waals surface area contributed by atoms with Gasteiger partial charge in [0.1, 0.15) is 60.9 Å². The maximum Gasteiger partial charge on any atom is 0.326 e. The molecule has 58 heavy (non-hydrogen) atoms. The van der Waals surface area contributed by atoms with Gasteiger partial charge in [-0.05, 0) is 24.8 Å².